The van der Waals surface area contributed by atoms with Crippen LogP contribution in [0.2, 0.25) is 0 Å². The van der Waals surface area contributed by atoms with Gasteiger partial charge >= 0.3 is 0 Å². The minimum atomic E-state index is -1.00. The molecule has 0 saturated carbocycles. The molecular weight excluding hydrogens is 395 g/mol. The van der Waals surface area contributed by atoms with Crippen LogP contribution < -0.4 is 34.9 Å². The Morgan fingerprint density at radius 1 is 0.533 bits per heavy atom. The molecule has 5 heteroatoms. The monoisotopic (exact) mass is 424 g/mol. The number of aryl methyl sites for hydroxylation is 1. The molecule has 3 rings (SSSR count). The first-order valence-corrected chi connectivity index (χ1v) is 11.1. The summed E-state index contributed by atoms with van der Waals surface area (Å²) in [6, 6.07) is 16.5. The van der Waals surface area contributed by atoms with Gasteiger partial charge in [0.05, 0.1) is 28.4 Å². The van der Waals surface area contributed by atoms with Crippen molar-refractivity contribution >= 4 is 23.8 Å². The number of hydrogen-bond donors (Lipinski definition) is 0. The fourth-order valence-corrected chi connectivity index (χ4v) is 6.45. The molecule has 30 heavy (non-hydrogen) atoms. The van der Waals surface area contributed by atoms with E-state index in [-0.39, 0.29) is 0 Å². The Balaban J connectivity index is 2.40. The molecule has 0 fully saturated rings. The third-order valence-electron chi connectivity index (χ3n) is 5.52. The molecule has 0 aromatic heterocycles. The Bertz CT molecular complexity index is 990. The third-order valence-corrected chi connectivity index (χ3v) is 8.15. The van der Waals surface area contributed by atoms with Crippen LogP contribution in [0.15, 0.2) is 48.5 Å². The summed E-state index contributed by atoms with van der Waals surface area (Å²) in [5.74, 6) is 2.92. The number of rotatable bonds is 7. The van der Waals surface area contributed by atoms with Gasteiger partial charge in [0.1, 0.15) is 0 Å². The highest BCUT2D eigenvalue weighted by molar-refractivity contribution is 7.80. The maximum atomic E-state index is 5.83. The zero-order valence-corrected chi connectivity index (χ0v) is 19.6. The summed E-state index contributed by atoms with van der Waals surface area (Å²) in [6.45, 7) is 6.51. The first kappa shape index (κ1) is 22.0. The lowest BCUT2D eigenvalue weighted by atomic mass is 10.1. The minimum Gasteiger partial charge on any atom is -0.493 e. The highest BCUT2D eigenvalue weighted by atomic mass is 31.1. The van der Waals surface area contributed by atoms with Gasteiger partial charge in [-0.3, -0.25) is 0 Å². The topological polar surface area (TPSA) is 36.9 Å². The van der Waals surface area contributed by atoms with Crippen LogP contribution in [0.1, 0.15) is 16.7 Å². The van der Waals surface area contributed by atoms with E-state index in [2.05, 4.69) is 45.0 Å². The minimum absolute atomic E-state index is 0.714. The first-order valence-electron chi connectivity index (χ1n) is 9.77. The van der Waals surface area contributed by atoms with E-state index in [9.17, 15) is 0 Å². The highest BCUT2D eigenvalue weighted by Gasteiger charge is 2.28. The molecule has 0 N–H and O–H groups in total. The van der Waals surface area contributed by atoms with Gasteiger partial charge in [-0.15, -0.1) is 0 Å². The van der Waals surface area contributed by atoms with Gasteiger partial charge in [-0.1, -0.05) is 24.3 Å². The molecule has 0 aliphatic rings. The Labute approximate surface area is 180 Å². The summed E-state index contributed by atoms with van der Waals surface area (Å²) in [7, 11) is 5.70. The summed E-state index contributed by atoms with van der Waals surface area (Å²) >= 11 is 0. The number of hydrogen-bond acceptors (Lipinski definition) is 4. The average molecular weight is 424 g/mol. The van der Waals surface area contributed by atoms with Crippen LogP contribution >= 0.6 is 7.92 Å². The zero-order chi connectivity index (χ0) is 21.8. The van der Waals surface area contributed by atoms with E-state index >= 15 is 0 Å². The molecule has 4 nitrogen and oxygen atoms in total. The third kappa shape index (κ3) is 3.85. The van der Waals surface area contributed by atoms with Gasteiger partial charge < -0.3 is 18.9 Å². The van der Waals surface area contributed by atoms with Crippen LogP contribution in [0.5, 0.6) is 23.0 Å². The van der Waals surface area contributed by atoms with Crippen molar-refractivity contribution in [3.05, 3.63) is 65.2 Å². The van der Waals surface area contributed by atoms with E-state index < -0.39 is 7.92 Å². The molecule has 0 radical (unpaired) electrons. The number of para-hydroxylation sites is 2. The van der Waals surface area contributed by atoms with Crippen LogP contribution in [0.25, 0.3) is 0 Å². The van der Waals surface area contributed by atoms with Crippen LogP contribution in [0.3, 0.4) is 0 Å². The maximum Gasteiger partial charge on any atom is 0.169 e. The lowest BCUT2D eigenvalue weighted by molar-refractivity contribution is 0.357. The molecule has 0 heterocycles. The summed E-state index contributed by atoms with van der Waals surface area (Å²) in [5.41, 5.74) is 3.85. The van der Waals surface area contributed by atoms with Gasteiger partial charge in [0.15, 0.2) is 23.0 Å². The second kappa shape index (κ2) is 9.40. The van der Waals surface area contributed by atoms with Crippen LogP contribution in [0.4, 0.5) is 0 Å². The number of ether oxygens (including phenoxy) is 4. The summed E-state index contributed by atoms with van der Waals surface area (Å²) in [4.78, 5) is 0. The second-order valence-corrected chi connectivity index (χ2v) is 9.13. The Morgan fingerprint density at radius 2 is 1.03 bits per heavy atom. The van der Waals surface area contributed by atoms with E-state index in [1.807, 2.05) is 24.3 Å². The largest absolute Gasteiger partial charge is 0.493 e. The molecule has 0 bridgehead atoms. The molecule has 0 aliphatic carbocycles. The van der Waals surface area contributed by atoms with Crippen molar-refractivity contribution in [3.8, 4) is 23.0 Å². The summed E-state index contributed by atoms with van der Waals surface area (Å²) in [6.07, 6.45) is 0. The van der Waals surface area contributed by atoms with Crippen LogP contribution in [-0.4, -0.2) is 28.4 Å². The normalized spacial score (nSPS) is 10.8. The van der Waals surface area contributed by atoms with Gasteiger partial charge in [0.25, 0.3) is 0 Å². The Hall–Kier alpha value is -2.71. The van der Waals surface area contributed by atoms with E-state index in [1.165, 1.54) is 22.0 Å². The average Bonchev–Trinajstić information content (AvgIpc) is 2.78. The molecule has 158 valence electrons. The van der Waals surface area contributed by atoms with Crippen LogP contribution in [0, 0.1) is 20.8 Å². The number of methoxy groups -OCH3 is 4. The molecule has 0 atom stereocenters. The van der Waals surface area contributed by atoms with Crippen molar-refractivity contribution in [3.63, 3.8) is 0 Å². The lowest BCUT2D eigenvalue weighted by Crippen LogP contribution is -2.26. The molecular formula is C25H29O4P. The molecule has 0 saturated heterocycles. The van der Waals surface area contributed by atoms with Crippen LogP contribution in [-0.2, 0) is 0 Å². The Morgan fingerprint density at radius 3 is 1.47 bits per heavy atom. The van der Waals surface area contributed by atoms with Crippen molar-refractivity contribution in [2.45, 2.75) is 20.8 Å². The van der Waals surface area contributed by atoms with Gasteiger partial charge in [-0.25, -0.2) is 0 Å². The van der Waals surface area contributed by atoms with E-state index in [1.54, 1.807) is 28.4 Å². The lowest BCUT2D eigenvalue weighted by Gasteiger charge is -2.27. The van der Waals surface area contributed by atoms with E-state index in [4.69, 9.17) is 18.9 Å². The number of benzene rings is 3. The molecule has 0 aliphatic heterocycles. The van der Waals surface area contributed by atoms with Crippen molar-refractivity contribution < 1.29 is 18.9 Å². The maximum absolute atomic E-state index is 5.83. The zero-order valence-electron chi connectivity index (χ0n) is 18.7. The van der Waals surface area contributed by atoms with Crippen molar-refractivity contribution in [1.29, 1.82) is 0 Å². The van der Waals surface area contributed by atoms with Gasteiger partial charge in [0, 0.05) is 10.6 Å². The van der Waals surface area contributed by atoms with Gasteiger partial charge in [-0.2, -0.15) is 0 Å². The fraction of sp³-hybridized carbons (Fsp3) is 0.280. The highest BCUT2D eigenvalue weighted by Crippen LogP contribution is 2.45. The molecule has 3 aromatic carbocycles. The molecule has 0 unspecified atom stereocenters. The first-order chi connectivity index (χ1) is 14.5. The summed E-state index contributed by atoms with van der Waals surface area (Å²) in [5, 5.41) is 3.40. The van der Waals surface area contributed by atoms with Gasteiger partial charge in [0.2, 0.25) is 0 Å². The summed E-state index contributed by atoms with van der Waals surface area (Å²) < 4.78 is 22.9. The quantitative estimate of drug-likeness (QED) is 0.527. The predicted molar refractivity (Wildman–Crippen MR) is 126 cm³/mol. The van der Waals surface area contributed by atoms with Crippen molar-refractivity contribution in [2.75, 3.05) is 28.4 Å². The smallest absolute Gasteiger partial charge is 0.169 e. The standard InChI is InChI=1S/C25H29O4P/c1-16-14-15-21(18(3)17(16)2)30(22-12-8-10-19(26-4)24(22)28-6)23-13-9-11-20(27-5)25(23)29-7/h8-15H,1-7H3. The molecule has 0 spiro atoms. The van der Waals surface area contributed by atoms with E-state index in [0.29, 0.717) is 11.5 Å². The van der Waals surface area contributed by atoms with E-state index in [0.717, 1.165) is 22.1 Å². The predicted octanol–water partition coefficient (Wildman–Crippen LogP) is 4.40. The second-order valence-electron chi connectivity index (χ2n) is 7.01. The molecule has 0 amide bonds. The fourth-order valence-electron chi connectivity index (χ4n) is 3.67. The Kier molecular flexibility index (Phi) is 6.89. The SMILES string of the molecule is COc1cccc(P(c2ccc(C)c(C)c2C)c2cccc(OC)c2OC)c1OC. The van der Waals surface area contributed by atoms with Gasteiger partial charge in [-0.05, 0) is 75.0 Å². The van der Waals surface area contributed by atoms with Crippen molar-refractivity contribution in [1.82, 2.24) is 0 Å². The van der Waals surface area contributed by atoms with Crippen molar-refractivity contribution in [2.24, 2.45) is 0 Å². The molecule has 3 aromatic rings.